The van der Waals surface area contributed by atoms with Gasteiger partial charge in [-0.1, -0.05) is 28.9 Å². The van der Waals surface area contributed by atoms with Gasteiger partial charge in [0.15, 0.2) is 24.4 Å². The lowest BCUT2D eigenvalue weighted by Crippen LogP contribution is -2.39. The highest BCUT2D eigenvalue weighted by atomic mass is 35.5. The summed E-state index contributed by atoms with van der Waals surface area (Å²) in [5, 5.41) is 81.7. The van der Waals surface area contributed by atoms with E-state index in [0.717, 1.165) is 16.7 Å². The number of halogens is 1. The number of hydrogen-bond acceptors (Lipinski definition) is 14. The van der Waals surface area contributed by atoms with Crippen molar-refractivity contribution in [2.24, 2.45) is 0 Å². The summed E-state index contributed by atoms with van der Waals surface area (Å²) < 4.78 is 11.1. The summed E-state index contributed by atoms with van der Waals surface area (Å²) in [6.45, 7) is 8.28. The standard InChI is InChI=1S/C23H26ClN3O4.2C4H6O6/c1-14(2)30-19-10-7-16(13-18(19)24)21-26-22(31-27-21)15-5-8-17(9-6-15)23(3,4)25-12-11-20(28)29;2*5-1(3(7)8)2(6)4(9)10/h5-10,13-14,25H,11-12H2,1-4H3,(H,28,29);2*1-2,5-6H,(H,7,8)(H,9,10). The molecule has 0 bridgehead atoms. The highest BCUT2D eigenvalue weighted by molar-refractivity contribution is 6.32. The molecule has 51 heavy (non-hydrogen) atoms. The van der Waals surface area contributed by atoms with Gasteiger partial charge in [0.05, 0.1) is 17.5 Å². The number of aliphatic hydroxyl groups excluding tert-OH is 4. The number of carboxylic acids is 5. The maximum absolute atomic E-state index is 10.7. The number of hydrogen-bond donors (Lipinski definition) is 10. The minimum absolute atomic E-state index is 0.0282. The summed E-state index contributed by atoms with van der Waals surface area (Å²) in [5.41, 5.74) is 2.17. The zero-order valence-electron chi connectivity index (χ0n) is 27.5. The van der Waals surface area contributed by atoms with Gasteiger partial charge in [0.1, 0.15) is 5.75 Å². The molecule has 0 aliphatic carbocycles. The minimum Gasteiger partial charge on any atom is -0.489 e. The van der Waals surface area contributed by atoms with E-state index in [4.69, 9.17) is 66.8 Å². The van der Waals surface area contributed by atoms with Gasteiger partial charge in [0.2, 0.25) is 5.82 Å². The summed E-state index contributed by atoms with van der Waals surface area (Å²) in [6, 6.07) is 13.1. The van der Waals surface area contributed by atoms with Crippen LogP contribution in [0.15, 0.2) is 47.0 Å². The first-order valence-electron chi connectivity index (χ1n) is 14.6. The van der Waals surface area contributed by atoms with Gasteiger partial charge in [-0.2, -0.15) is 4.98 Å². The fourth-order valence-corrected chi connectivity index (χ4v) is 3.83. The first kappa shape index (κ1) is 43.8. The maximum Gasteiger partial charge on any atom is 0.335 e. The Kier molecular flexibility index (Phi) is 17.1. The highest BCUT2D eigenvalue weighted by Crippen LogP contribution is 2.31. The van der Waals surface area contributed by atoms with Gasteiger partial charge >= 0.3 is 29.8 Å². The number of ether oxygens (including phenoxy) is 1. The first-order chi connectivity index (χ1) is 23.6. The third kappa shape index (κ3) is 14.3. The number of nitrogens with zero attached hydrogens (tertiary/aromatic N) is 2. The average Bonchev–Trinajstić information content (AvgIpc) is 3.55. The molecule has 3 aromatic rings. The lowest BCUT2D eigenvalue weighted by Gasteiger charge is -2.27. The minimum atomic E-state index is -2.27. The van der Waals surface area contributed by atoms with E-state index in [1.165, 1.54) is 0 Å². The van der Waals surface area contributed by atoms with Crippen LogP contribution in [0.5, 0.6) is 5.75 Å². The van der Waals surface area contributed by atoms with Crippen LogP contribution in [0.1, 0.15) is 39.7 Å². The number of aliphatic hydroxyl groups is 4. The van der Waals surface area contributed by atoms with Crippen molar-refractivity contribution in [3.8, 4) is 28.6 Å². The van der Waals surface area contributed by atoms with E-state index >= 15 is 0 Å². The van der Waals surface area contributed by atoms with Crippen molar-refractivity contribution in [2.45, 2.75) is 70.2 Å². The highest BCUT2D eigenvalue weighted by Gasteiger charge is 2.30. The van der Waals surface area contributed by atoms with Crippen molar-refractivity contribution in [3.63, 3.8) is 0 Å². The molecule has 0 saturated heterocycles. The summed E-state index contributed by atoms with van der Waals surface area (Å²) in [6.07, 6.45) is -8.97. The van der Waals surface area contributed by atoms with Gasteiger partial charge in [0, 0.05) is 23.2 Å². The average molecular weight is 744 g/mol. The molecule has 1 aromatic heterocycles. The second kappa shape index (κ2) is 19.9. The SMILES string of the molecule is CC(C)Oc1ccc(-c2noc(-c3ccc(C(C)(C)NCCC(=O)O)cc3)n2)cc1Cl.O=C(O)C(O)C(O)C(=O)O.O=C(O)C(O)C(O)C(=O)O. The van der Waals surface area contributed by atoms with Crippen LogP contribution in [0, 0.1) is 0 Å². The molecule has 0 radical (unpaired) electrons. The Bertz CT molecular complexity index is 1570. The van der Waals surface area contributed by atoms with Crippen LogP contribution in [-0.4, -0.2) is 123 Å². The van der Waals surface area contributed by atoms with Crippen LogP contribution in [-0.2, 0) is 29.5 Å². The zero-order valence-corrected chi connectivity index (χ0v) is 28.3. The third-order valence-corrected chi connectivity index (χ3v) is 6.64. The normalized spacial score (nSPS) is 13.3. The van der Waals surface area contributed by atoms with E-state index < -0.39 is 54.3 Å². The Hall–Kier alpha value is -5.18. The van der Waals surface area contributed by atoms with Gasteiger partial charge in [0.25, 0.3) is 5.89 Å². The van der Waals surface area contributed by atoms with Crippen molar-refractivity contribution < 1.29 is 79.2 Å². The van der Waals surface area contributed by atoms with Gasteiger partial charge < -0.3 is 60.5 Å². The largest absolute Gasteiger partial charge is 0.489 e. The van der Waals surface area contributed by atoms with Crippen LogP contribution >= 0.6 is 11.6 Å². The maximum atomic E-state index is 10.7. The fraction of sp³-hybridized carbons (Fsp3) is 0.387. The number of aliphatic carboxylic acids is 5. The van der Waals surface area contributed by atoms with Crippen LogP contribution in [0.4, 0.5) is 0 Å². The van der Waals surface area contributed by atoms with Gasteiger partial charge in [-0.05, 0) is 63.6 Å². The van der Waals surface area contributed by atoms with Crippen LogP contribution < -0.4 is 10.1 Å². The molecular weight excluding hydrogens is 706 g/mol. The molecule has 0 aliphatic heterocycles. The number of aromatic nitrogens is 2. The van der Waals surface area contributed by atoms with E-state index in [2.05, 4.69) is 15.5 Å². The molecule has 4 atom stereocenters. The second-order valence-corrected chi connectivity index (χ2v) is 11.5. The molecule has 20 heteroatoms. The smallest absolute Gasteiger partial charge is 0.335 e. The van der Waals surface area contributed by atoms with E-state index in [0.29, 0.717) is 29.0 Å². The quantitative estimate of drug-likeness (QED) is 0.103. The fourth-order valence-electron chi connectivity index (χ4n) is 3.60. The number of benzene rings is 2. The number of carboxylic acid groups (broad SMARTS) is 5. The molecule has 0 spiro atoms. The number of carbonyl (C=O) groups is 5. The van der Waals surface area contributed by atoms with E-state index in [9.17, 15) is 24.0 Å². The predicted octanol–water partition coefficient (Wildman–Crippen LogP) is 0.898. The Morgan fingerprint density at radius 2 is 1.24 bits per heavy atom. The summed E-state index contributed by atoms with van der Waals surface area (Å²) in [7, 11) is 0. The molecular formula is C31H38ClN3O16. The topological polar surface area (TPSA) is 328 Å². The van der Waals surface area contributed by atoms with Gasteiger partial charge in [-0.3, -0.25) is 4.79 Å². The van der Waals surface area contributed by atoms with Crippen LogP contribution in [0.25, 0.3) is 22.8 Å². The molecule has 0 amide bonds. The molecule has 0 aliphatic rings. The van der Waals surface area contributed by atoms with Crippen LogP contribution in [0.2, 0.25) is 5.02 Å². The number of rotatable bonds is 15. The van der Waals surface area contributed by atoms with Crippen molar-refractivity contribution in [1.82, 2.24) is 15.5 Å². The monoisotopic (exact) mass is 743 g/mol. The lowest BCUT2D eigenvalue weighted by atomic mass is 9.93. The van der Waals surface area contributed by atoms with Crippen LogP contribution in [0.3, 0.4) is 0 Å². The Morgan fingerprint density at radius 1 is 0.784 bits per heavy atom. The zero-order chi connectivity index (χ0) is 39.2. The van der Waals surface area contributed by atoms with E-state index in [1.807, 2.05) is 58.0 Å². The number of nitrogens with one attached hydrogen (secondary N) is 1. The van der Waals surface area contributed by atoms with Crippen molar-refractivity contribution in [3.05, 3.63) is 53.1 Å². The van der Waals surface area contributed by atoms with Crippen molar-refractivity contribution in [2.75, 3.05) is 6.54 Å². The summed E-state index contributed by atoms with van der Waals surface area (Å²) in [5.74, 6) is -6.45. The molecule has 2 aromatic carbocycles. The molecule has 0 saturated carbocycles. The second-order valence-electron chi connectivity index (χ2n) is 11.1. The van der Waals surface area contributed by atoms with Gasteiger partial charge in [-0.25, -0.2) is 19.2 Å². The van der Waals surface area contributed by atoms with Gasteiger partial charge in [-0.15, -0.1) is 0 Å². The molecule has 19 nitrogen and oxygen atoms in total. The van der Waals surface area contributed by atoms with E-state index in [-0.39, 0.29) is 18.1 Å². The molecule has 280 valence electrons. The Labute approximate surface area is 294 Å². The molecule has 4 unspecified atom stereocenters. The van der Waals surface area contributed by atoms with Crippen molar-refractivity contribution in [1.29, 1.82) is 0 Å². The summed E-state index contributed by atoms with van der Waals surface area (Å²) in [4.78, 5) is 54.3. The molecule has 1 heterocycles. The van der Waals surface area contributed by atoms with Crippen molar-refractivity contribution >= 4 is 41.4 Å². The van der Waals surface area contributed by atoms with E-state index in [1.54, 1.807) is 12.1 Å². The Balaban J connectivity index is 0.000000533. The molecule has 3 rings (SSSR count). The molecule has 10 N–H and O–H groups in total. The first-order valence-corrected chi connectivity index (χ1v) is 15.0. The Morgan fingerprint density at radius 3 is 1.63 bits per heavy atom. The molecule has 0 fully saturated rings. The summed E-state index contributed by atoms with van der Waals surface area (Å²) >= 11 is 6.31. The lowest BCUT2D eigenvalue weighted by molar-refractivity contribution is -0.165. The third-order valence-electron chi connectivity index (χ3n) is 6.35. The predicted molar refractivity (Wildman–Crippen MR) is 174 cm³/mol.